The van der Waals surface area contributed by atoms with Gasteiger partial charge in [0.2, 0.25) is 0 Å². The number of anilines is 3. The number of nitrogens with one attached hydrogen (secondary N) is 2. The van der Waals surface area contributed by atoms with Crippen molar-refractivity contribution >= 4 is 89.0 Å². The first-order valence-electron chi connectivity index (χ1n) is 18.3. The van der Waals surface area contributed by atoms with E-state index >= 15 is 0 Å². The third-order valence-corrected chi connectivity index (χ3v) is 12.0. The van der Waals surface area contributed by atoms with E-state index in [2.05, 4.69) is 37.8 Å². The first kappa shape index (κ1) is 38.3. The van der Waals surface area contributed by atoms with Crippen LogP contribution in [0.1, 0.15) is 26.4 Å². The molecule has 0 spiro atoms. The fourth-order valence-corrected chi connectivity index (χ4v) is 9.20. The Balaban J connectivity index is 0.000000123. The van der Waals surface area contributed by atoms with Crippen LogP contribution in [0.2, 0.25) is 0 Å². The lowest BCUT2D eigenvalue weighted by molar-refractivity contribution is 0.0965. The van der Waals surface area contributed by atoms with Gasteiger partial charge in [-0.3, -0.25) is 9.59 Å². The van der Waals surface area contributed by atoms with Crippen LogP contribution >= 0.6 is 22.7 Å². The molecule has 0 saturated heterocycles. The molecule has 15 heteroatoms. The van der Waals surface area contributed by atoms with Crippen molar-refractivity contribution in [3.8, 4) is 32.0 Å². The summed E-state index contributed by atoms with van der Waals surface area (Å²) in [6.07, 6.45) is 1.53. The summed E-state index contributed by atoms with van der Waals surface area (Å²) in [5.41, 5.74) is 29.4. The van der Waals surface area contributed by atoms with Crippen molar-refractivity contribution in [3.05, 3.63) is 144 Å². The number of rotatable bonds is 5. The summed E-state index contributed by atoms with van der Waals surface area (Å²) < 4.78 is 2.91. The predicted octanol–water partition coefficient (Wildman–Crippen LogP) is 8.11. The number of hydrogen-bond donors (Lipinski definition) is 6. The molecule has 0 saturated carbocycles. The Bertz CT molecular complexity index is 3040. The van der Waals surface area contributed by atoms with E-state index in [1.807, 2.05) is 110 Å². The Hall–Kier alpha value is -7.62. The molecule has 1 aliphatic rings. The van der Waals surface area contributed by atoms with Crippen LogP contribution in [0, 0.1) is 0 Å². The van der Waals surface area contributed by atoms with Gasteiger partial charge < -0.3 is 33.6 Å². The van der Waals surface area contributed by atoms with Crippen LogP contribution in [0.4, 0.5) is 22.2 Å². The number of hydrogen-bond acceptors (Lipinski definition) is 11. The number of nitrogens with zero attached hydrogens (tertiary/aromatic N) is 4. The summed E-state index contributed by atoms with van der Waals surface area (Å²) in [6.45, 7) is 0.465. The van der Waals surface area contributed by atoms with E-state index in [4.69, 9.17) is 22.9 Å². The number of nitrogen functional groups attached to an aromatic ring is 2. The lowest BCUT2D eigenvalue weighted by Crippen LogP contribution is -2.20. The summed E-state index contributed by atoms with van der Waals surface area (Å²) in [5.74, 6) is 1.04. The molecular weight excluding hydrogens is 781 g/mol. The molecule has 292 valence electrons. The molecule has 10 N–H and O–H groups in total. The average Bonchev–Trinajstić information content (AvgIpc) is 4.06. The summed E-state index contributed by atoms with van der Waals surface area (Å²) in [6, 6.07) is 39.1. The Kier molecular flexibility index (Phi) is 10.4. The third kappa shape index (κ3) is 7.50. The van der Waals surface area contributed by atoms with E-state index in [-0.39, 0.29) is 5.91 Å². The van der Waals surface area contributed by atoms with Crippen LogP contribution in [-0.2, 0) is 6.54 Å². The highest BCUT2D eigenvalue weighted by Gasteiger charge is 2.26. The molecule has 3 amide bonds. The van der Waals surface area contributed by atoms with Gasteiger partial charge in [-0.2, -0.15) is 4.68 Å². The van der Waals surface area contributed by atoms with Crippen molar-refractivity contribution in [2.24, 2.45) is 11.5 Å². The highest BCUT2D eigenvalue weighted by molar-refractivity contribution is 7.23. The number of fused-ring (bicyclic) bond motifs is 5. The molecule has 1 aliphatic heterocycles. The van der Waals surface area contributed by atoms with E-state index in [1.54, 1.807) is 28.7 Å². The van der Waals surface area contributed by atoms with E-state index in [0.29, 0.717) is 34.8 Å². The minimum absolute atomic E-state index is 0.0565. The number of nitrogens with two attached hydrogens (primary N) is 4. The van der Waals surface area contributed by atoms with Crippen molar-refractivity contribution in [2.45, 2.75) is 6.54 Å². The number of pyridine rings is 2. The van der Waals surface area contributed by atoms with E-state index in [9.17, 15) is 14.4 Å². The maximum atomic E-state index is 12.0. The minimum atomic E-state index is -0.644. The molecule has 6 heterocycles. The summed E-state index contributed by atoms with van der Waals surface area (Å²) in [5, 5.41) is 12.3. The Morgan fingerprint density at radius 1 is 0.712 bits per heavy atom. The zero-order chi connectivity index (χ0) is 41.2. The zero-order valence-corrected chi connectivity index (χ0v) is 33.1. The molecule has 5 aromatic heterocycles. The van der Waals surface area contributed by atoms with Crippen LogP contribution in [0.15, 0.2) is 128 Å². The van der Waals surface area contributed by atoms with Gasteiger partial charge in [-0.15, -0.1) is 27.8 Å². The van der Waals surface area contributed by atoms with Gasteiger partial charge in [0, 0.05) is 39.2 Å². The first-order chi connectivity index (χ1) is 28.6. The number of benzene rings is 4. The van der Waals surface area contributed by atoms with Crippen molar-refractivity contribution in [1.82, 2.24) is 25.1 Å². The maximum Gasteiger partial charge on any atom is 0.340 e. The molecule has 59 heavy (non-hydrogen) atoms. The second kappa shape index (κ2) is 16.1. The molecule has 13 nitrogen and oxygen atoms in total. The molecule has 4 aromatic carbocycles. The molecule has 10 rings (SSSR count). The first-order valence-corrected chi connectivity index (χ1v) is 19.9. The van der Waals surface area contributed by atoms with Gasteiger partial charge in [0.1, 0.15) is 11.6 Å². The third-order valence-electron chi connectivity index (χ3n) is 9.62. The number of thiophene rings is 2. The second-order valence-electron chi connectivity index (χ2n) is 13.3. The molecule has 0 fully saturated rings. The van der Waals surface area contributed by atoms with Gasteiger partial charge in [0.15, 0.2) is 5.82 Å². The number of amides is 3. The van der Waals surface area contributed by atoms with Gasteiger partial charge in [-0.25, -0.2) is 14.8 Å². The summed E-state index contributed by atoms with van der Waals surface area (Å²) >= 11 is 3.15. The largest absolute Gasteiger partial charge is 0.383 e. The summed E-state index contributed by atoms with van der Waals surface area (Å²) in [7, 11) is 1.81. The normalized spacial score (nSPS) is 11.6. The van der Waals surface area contributed by atoms with Gasteiger partial charge in [0.05, 0.1) is 38.3 Å². The molecule has 0 bridgehead atoms. The van der Waals surface area contributed by atoms with Gasteiger partial charge >= 0.3 is 6.03 Å². The van der Waals surface area contributed by atoms with Crippen molar-refractivity contribution in [3.63, 3.8) is 0 Å². The van der Waals surface area contributed by atoms with Crippen LogP contribution < -0.4 is 33.6 Å². The highest BCUT2D eigenvalue weighted by atomic mass is 32.1. The molecule has 0 unspecified atom stereocenters. The SMILES string of the molecule is CNc1ncc(C(N)=O)c2sc(-c3ccccc3)cc12.NC(=O)n1nc(N)c2cc(-c3ccccc3)ccc21.Nc1nc2c(c3sc(-c4ccccc4)cc13)C(=O)NC2. The van der Waals surface area contributed by atoms with Gasteiger partial charge in [-0.1, -0.05) is 97.1 Å². The van der Waals surface area contributed by atoms with E-state index in [0.717, 1.165) is 73.8 Å². The average molecular weight is 817 g/mol. The van der Waals surface area contributed by atoms with Crippen LogP contribution in [0.25, 0.3) is 63.1 Å². The fourth-order valence-electron chi connectivity index (χ4n) is 6.78. The van der Waals surface area contributed by atoms with Crippen molar-refractivity contribution in [2.75, 3.05) is 23.8 Å². The predicted molar refractivity (Wildman–Crippen MR) is 238 cm³/mol. The number of carbonyl (C=O) groups excluding carboxylic acids is 3. The Morgan fingerprint density at radius 3 is 1.90 bits per heavy atom. The number of primary amides is 2. The quantitative estimate of drug-likeness (QED) is 0.0986. The summed E-state index contributed by atoms with van der Waals surface area (Å²) in [4.78, 5) is 45.5. The van der Waals surface area contributed by atoms with Gasteiger partial charge in [0.25, 0.3) is 11.8 Å². The maximum absolute atomic E-state index is 12.0. The van der Waals surface area contributed by atoms with Crippen molar-refractivity contribution < 1.29 is 14.4 Å². The van der Waals surface area contributed by atoms with Crippen LogP contribution in [0.5, 0.6) is 0 Å². The van der Waals surface area contributed by atoms with Crippen LogP contribution in [0.3, 0.4) is 0 Å². The highest BCUT2D eigenvalue weighted by Crippen LogP contribution is 2.40. The van der Waals surface area contributed by atoms with Crippen molar-refractivity contribution in [1.29, 1.82) is 0 Å². The van der Waals surface area contributed by atoms with E-state index < -0.39 is 11.9 Å². The molecule has 0 radical (unpaired) electrons. The molecule has 0 atom stereocenters. The lowest BCUT2D eigenvalue weighted by atomic mass is 10.0. The standard InChI is InChI=1S/C15H11N3OS.C15H13N3OS.C14H12N4O/c16-14-9-6-11(8-4-2-1-3-5-8)20-13(9)12-10(18-14)7-17-15(12)19;1-17-15-10-7-12(9-5-3-2-4-6-9)20-13(10)11(8-18-15)14(16)19;15-13-11-8-10(9-4-2-1-3-5-9)6-7-12(11)18(17-13)14(16)19/h1-6H,7H2,(H2,16,18)(H,17,19);2-8H,1H3,(H2,16,19)(H,17,18);1-8H,(H2,15,17)(H2,16,19). The molecule has 9 aromatic rings. The number of aromatic nitrogens is 4. The fraction of sp³-hybridized carbons (Fsp3) is 0.0455. The van der Waals surface area contributed by atoms with E-state index in [1.165, 1.54) is 6.20 Å². The monoisotopic (exact) mass is 816 g/mol. The lowest BCUT2D eigenvalue weighted by Gasteiger charge is -2.03. The molecular formula is C44H36N10O3S2. The number of carbonyl (C=O) groups is 3. The van der Waals surface area contributed by atoms with Gasteiger partial charge in [-0.05, 0) is 46.5 Å². The zero-order valence-electron chi connectivity index (χ0n) is 31.5. The van der Waals surface area contributed by atoms with Crippen LogP contribution in [-0.4, -0.2) is 44.6 Å². The second-order valence-corrected chi connectivity index (χ2v) is 15.4. The Morgan fingerprint density at radius 2 is 1.31 bits per heavy atom. The minimum Gasteiger partial charge on any atom is -0.383 e. The molecule has 0 aliphatic carbocycles. The Labute approximate surface area is 345 Å². The smallest absolute Gasteiger partial charge is 0.340 e. The topological polar surface area (TPSA) is 223 Å².